The molecule has 0 saturated heterocycles. The number of benzene rings is 2. The van der Waals surface area contributed by atoms with Crippen LogP contribution >= 0.6 is 11.6 Å². The van der Waals surface area contributed by atoms with Gasteiger partial charge in [-0.25, -0.2) is 0 Å². The summed E-state index contributed by atoms with van der Waals surface area (Å²) in [5.41, 5.74) is 3.54. The molecule has 0 aliphatic heterocycles. The molecule has 0 spiro atoms. The molecule has 134 valence electrons. The lowest BCUT2D eigenvalue weighted by molar-refractivity contribution is -0.112. The molecule has 0 aliphatic carbocycles. The number of hydrogen-bond donors (Lipinski definition) is 1. The van der Waals surface area contributed by atoms with Crippen LogP contribution in [0.1, 0.15) is 16.9 Å². The van der Waals surface area contributed by atoms with E-state index in [0.717, 1.165) is 16.7 Å². The van der Waals surface area contributed by atoms with Gasteiger partial charge in [0, 0.05) is 22.3 Å². The lowest BCUT2D eigenvalue weighted by Gasteiger charge is -2.08. The minimum Gasteiger partial charge on any atom is -0.457 e. The van der Waals surface area contributed by atoms with Gasteiger partial charge in [0.1, 0.15) is 23.2 Å². The number of nitriles is 1. The normalized spacial score (nSPS) is 11.1. The number of aryl methyl sites for hydroxylation is 2. The molecule has 3 aromatic rings. The number of anilines is 1. The predicted molar refractivity (Wildman–Crippen MR) is 107 cm³/mol. The second-order valence-electron chi connectivity index (χ2n) is 6.15. The van der Waals surface area contributed by atoms with Gasteiger partial charge in [0.15, 0.2) is 0 Å². The van der Waals surface area contributed by atoms with Gasteiger partial charge in [-0.2, -0.15) is 5.26 Å². The van der Waals surface area contributed by atoms with E-state index in [1.807, 2.05) is 50.2 Å². The molecule has 2 aromatic carbocycles. The third kappa shape index (κ3) is 4.46. The van der Waals surface area contributed by atoms with Gasteiger partial charge in [0.05, 0.1) is 0 Å². The van der Waals surface area contributed by atoms with Gasteiger partial charge in [-0.1, -0.05) is 29.3 Å². The molecule has 0 saturated carbocycles. The number of halogens is 1. The first kappa shape index (κ1) is 18.5. The Morgan fingerprint density at radius 2 is 1.85 bits per heavy atom. The summed E-state index contributed by atoms with van der Waals surface area (Å²) in [6.07, 6.45) is 1.43. The lowest BCUT2D eigenvalue weighted by atomic mass is 10.1. The number of nitrogens with one attached hydrogen (secondary N) is 1. The number of hydrogen-bond acceptors (Lipinski definition) is 3. The Morgan fingerprint density at radius 3 is 2.52 bits per heavy atom. The highest BCUT2D eigenvalue weighted by Gasteiger charge is 2.12. The van der Waals surface area contributed by atoms with E-state index >= 15 is 0 Å². The molecule has 3 rings (SSSR count). The maximum atomic E-state index is 12.4. The Balaban J connectivity index is 1.81. The molecule has 1 amide bonds. The van der Waals surface area contributed by atoms with E-state index in [2.05, 4.69) is 5.32 Å². The van der Waals surface area contributed by atoms with E-state index in [4.69, 9.17) is 16.0 Å². The predicted octanol–water partition coefficient (Wildman–Crippen LogP) is 5.76. The average Bonchev–Trinajstić information content (AvgIpc) is 3.11. The van der Waals surface area contributed by atoms with Gasteiger partial charge >= 0.3 is 0 Å². The fourth-order valence-corrected chi connectivity index (χ4v) is 2.76. The van der Waals surface area contributed by atoms with Crippen molar-refractivity contribution in [3.8, 4) is 17.4 Å². The van der Waals surface area contributed by atoms with Crippen LogP contribution in [0.25, 0.3) is 17.4 Å². The zero-order chi connectivity index (χ0) is 19.4. The standard InChI is InChI=1S/C22H17ClN2O2/c1-14-3-9-20(15(2)11-14)25-22(26)17(13-24)12-19-8-10-21(27-19)16-4-6-18(23)7-5-16/h3-12H,1-2H3,(H,25,26)/b17-12+. The quantitative estimate of drug-likeness (QED) is 0.464. The molecule has 5 heteroatoms. The number of carbonyl (C=O) groups is 1. The first-order valence-electron chi connectivity index (χ1n) is 8.32. The van der Waals surface area contributed by atoms with Crippen molar-refractivity contribution in [2.45, 2.75) is 13.8 Å². The molecule has 1 heterocycles. The van der Waals surface area contributed by atoms with Crippen molar-refractivity contribution in [3.63, 3.8) is 0 Å². The zero-order valence-corrected chi connectivity index (χ0v) is 15.7. The molecule has 0 bridgehead atoms. The summed E-state index contributed by atoms with van der Waals surface area (Å²) in [4.78, 5) is 12.4. The minimum atomic E-state index is -0.478. The van der Waals surface area contributed by atoms with E-state index in [-0.39, 0.29) is 5.57 Å². The summed E-state index contributed by atoms with van der Waals surface area (Å²) in [5.74, 6) is 0.575. The highest BCUT2D eigenvalue weighted by atomic mass is 35.5. The number of rotatable bonds is 4. The highest BCUT2D eigenvalue weighted by molar-refractivity contribution is 6.30. The highest BCUT2D eigenvalue weighted by Crippen LogP contribution is 2.25. The topological polar surface area (TPSA) is 66.0 Å². The third-order valence-corrected chi connectivity index (χ3v) is 4.29. The van der Waals surface area contributed by atoms with Crippen LogP contribution in [0.5, 0.6) is 0 Å². The second kappa shape index (κ2) is 7.94. The second-order valence-corrected chi connectivity index (χ2v) is 6.59. The van der Waals surface area contributed by atoms with Crippen LogP contribution in [0.3, 0.4) is 0 Å². The largest absolute Gasteiger partial charge is 0.457 e. The van der Waals surface area contributed by atoms with Gasteiger partial charge in [-0.3, -0.25) is 4.79 Å². The molecular weight excluding hydrogens is 360 g/mol. The lowest BCUT2D eigenvalue weighted by Crippen LogP contribution is -2.14. The monoisotopic (exact) mass is 376 g/mol. The van der Waals surface area contributed by atoms with Crippen molar-refractivity contribution in [1.82, 2.24) is 0 Å². The van der Waals surface area contributed by atoms with Crippen LogP contribution in [0.2, 0.25) is 5.02 Å². The minimum absolute atomic E-state index is 0.0352. The van der Waals surface area contributed by atoms with Crippen molar-refractivity contribution in [2.75, 3.05) is 5.32 Å². The van der Waals surface area contributed by atoms with Gasteiger partial charge < -0.3 is 9.73 Å². The molecular formula is C22H17ClN2O2. The van der Waals surface area contributed by atoms with E-state index in [1.165, 1.54) is 6.08 Å². The Labute approximate surface area is 162 Å². The molecule has 1 aromatic heterocycles. The molecule has 0 fully saturated rings. The molecule has 0 aliphatic rings. The summed E-state index contributed by atoms with van der Waals surface area (Å²) in [5, 5.41) is 12.8. The van der Waals surface area contributed by atoms with Crippen LogP contribution in [0, 0.1) is 25.2 Å². The van der Waals surface area contributed by atoms with E-state index in [9.17, 15) is 10.1 Å². The van der Waals surface area contributed by atoms with Crippen molar-refractivity contribution in [2.24, 2.45) is 0 Å². The van der Waals surface area contributed by atoms with Crippen LogP contribution < -0.4 is 5.32 Å². The molecule has 1 N–H and O–H groups in total. The summed E-state index contributed by atoms with van der Waals surface area (Å²) in [7, 11) is 0. The Hall–Kier alpha value is -3.29. The first-order valence-corrected chi connectivity index (χ1v) is 8.70. The summed E-state index contributed by atoms with van der Waals surface area (Å²) < 4.78 is 5.73. The van der Waals surface area contributed by atoms with Crippen molar-refractivity contribution < 1.29 is 9.21 Å². The summed E-state index contributed by atoms with van der Waals surface area (Å²) in [6.45, 7) is 3.89. The van der Waals surface area contributed by atoms with Gasteiger partial charge in [-0.05, 0) is 61.9 Å². The van der Waals surface area contributed by atoms with Gasteiger partial charge in [0.25, 0.3) is 5.91 Å². The van der Waals surface area contributed by atoms with Crippen LogP contribution in [0.15, 0.2) is 64.6 Å². The number of furan rings is 1. The molecule has 0 radical (unpaired) electrons. The summed E-state index contributed by atoms with van der Waals surface area (Å²) in [6, 6.07) is 18.3. The average molecular weight is 377 g/mol. The van der Waals surface area contributed by atoms with Crippen molar-refractivity contribution in [3.05, 3.63) is 82.1 Å². The molecule has 0 unspecified atom stereocenters. The van der Waals surface area contributed by atoms with Gasteiger partial charge in [-0.15, -0.1) is 0 Å². The Bertz CT molecular complexity index is 1060. The van der Waals surface area contributed by atoms with Crippen molar-refractivity contribution >= 4 is 29.3 Å². The van der Waals surface area contributed by atoms with Crippen LogP contribution in [-0.2, 0) is 4.79 Å². The fourth-order valence-electron chi connectivity index (χ4n) is 2.63. The number of amides is 1. The molecule has 0 atom stereocenters. The molecule has 27 heavy (non-hydrogen) atoms. The number of nitrogens with zero attached hydrogens (tertiary/aromatic N) is 1. The van der Waals surface area contributed by atoms with Gasteiger partial charge in [0.2, 0.25) is 0 Å². The van der Waals surface area contributed by atoms with Crippen LogP contribution in [0.4, 0.5) is 5.69 Å². The Morgan fingerprint density at radius 1 is 1.11 bits per heavy atom. The van der Waals surface area contributed by atoms with E-state index in [0.29, 0.717) is 22.2 Å². The summed E-state index contributed by atoms with van der Waals surface area (Å²) >= 11 is 5.89. The Kier molecular flexibility index (Phi) is 5.44. The fraction of sp³-hybridized carbons (Fsp3) is 0.0909. The zero-order valence-electron chi connectivity index (χ0n) is 14.9. The first-order chi connectivity index (χ1) is 13.0. The maximum absolute atomic E-state index is 12.4. The van der Waals surface area contributed by atoms with E-state index < -0.39 is 5.91 Å². The SMILES string of the molecule is Cc1ccc(NC(=O)/C(C#N)=C/c2ccc(-c3ccc(Cl)cc3)o2)c(C)c1. The number of carbonyl (C=O) groups excluding carboxylic acids is 1. The maximum Gasteiger partial charge on any atom is 0.266 e. The smallest absolute Gasteiger partial charge is 0.266 e. The van der Waals surface area contributed by atoms with E-state index in [1.54, 1.807) is 24.3 Å². The van der Waals surface area contributed by atoms with Crippen molar-refractivity contribution in [1.29, 1.82) is 5.26 Å². The third-order valence-electron chi connectivity index (χ3n) is 4.04. The van der Waals surface area contributed by atoms with Crippen LogP contribution in [-0.4, -0.2) is 5.91 Å². The molecule has 4 nitrogen and oxygen atoms in total.